The highest BCUT2D eigenvalue weighted by Crippen LogP contribution is 2.17. The lowest BCUT2D eigenvalue weighted by molar-refractivity contribution is -0.132. The van der Waals surface area contributed by atoms with Crippen LogP contribution in [0.15, 0.2) is 18.2 Å². The van der Waals surface area contributed by atoms with E-state index in [9.17, 15) is 9.59 Å². The molecule has 0 saturated carbocycles. The van der Waals surface area contributed by atoms with Crippen molar-refractivity contribution in [2.24, 2.45) is 0 Å². The molecule has 0 radical (unpaired) electrons. The molecule has 26 heavy (non-hydrogen) atoms. The second-order valence-electron chi connectivity index (χ2n) is 6.62. The molecule has 0 spiro atoms. The lowest BCUT2D eigenvalue weighted by Crippen LogP contribution is -2.52. The maximum absolute atomic E-state index is 12.3. The number of benzene rings is 1. The summed E-state index contributed by atoms with van der Waals surface area (Å²) >= 11 is 0. The molecule has 0 aromatic heterocycles. The van der Waals surface area contributed by atoms with Crippen LogP contribution in [0.2, 0.25) is 0 Å². The Labute approximate surface area is 155 Å². The van der Waals surface area contributed by atoms with Crippen LogP contribution in [0, 0.1) is 13.8 Å². The number of rotatable bonds is 8. The second kappa shape index (κ2) is 10.3. The van der Waals surface area contributed by atoms with Crippen LogP contribution in [-0.4, -0.2) is 81.1 Å². The van der Waals surface area contributed by atoms with Crippen LogP contribution < -0.4 is 10.6 Å². The first-order valence-electron chi connectivity index (χ1n) is 9.07. The fourth-order valence-corrected chi connectivity index (χ4v) is 2.92. The van der Waals surface area contributed by atoms with Crippen molar-refractivity contribution in [2.45, 2.75) is 13.8 Å². The van der Waals surface area contributed by atoms with Crippen molar-refractivity contribution >= 4 is 17.5 Å². The third kappa shape index (κ3) is 6.09. The van der Waals surface area contributed by atoms with E-state index in [4.69, 9.17) is 4.74 Å². The second-order valence-corrected chi connectivity index (χ2v) is 6.62. The number of aryl methyl sites for hydroxylation is 1. The molecule has 7 heteroatoms. The van der Waals surface area contributed by atoms with Gasteiger partial charge in [-0.25, -0.2) is 0 Å². The quantitative estimate of drug-likeness (QED) is 0.664. The summed E-state index contributed by atoms with van der Waals surface area (Å²) in [4.78, 5) is 28.4. The average molecular weight is 362 g/mol. The molecule has 1 aromatic carbocycles. The van der Waals surface area contributed by atoms with Crippen molar-refractivity contribution in [1.29, 1.82) is 0 Å². The maximum Gasteiger partial charge on any atom is 0.238 e. The van der Waals surface area contributed by atoms with Crippen molar-refractivity contribution in [3.63, 3.8) is 0 Å². The molecule has 1 aliphatic heterocycles. The van der Waals surface area contributed by atoms with E-state index in [-0.39, 0.29) is 11.8 Å². The van der Waals surface area contributed by atoms with Crippen LogP contribution in [0.4, 0.5) is 5.69 Å². The number of anilines is 1. The van der Waals surface area contributed by atoms with Gasteiger partial charge in [-0.05, 0) is 31.0 Å². The van der Waals surface area contributed by atoms with E-state index in [1.165, 1.54) is 0 Å². The number of nitrogens with one attached hydrogen (secondary N) is 2. The van der Waals surface area contributed by atoms with Gasteiger partial charge in [0.05, 0.1) is 19.7 Å². The summed E-state index contributed by atoms with van der Waals surface area (Å²) in [5.74, 6) is 0.0836. The molecule has 2 amide bonds. The largest absolute Gasteiger partial charge is 0.383 e. The minimum absolute atomic E-state index is 0.0142. The van der Waals surface area contributed by atoms with Crippen molar-refractivity contribution in [2.75, 3.05) is 64.8 Å². The minimum atomic E-state index is -0.0142. The minimum Gasteiger partial charge on any atom is -0.383 e. The number of carbonyl (C=O) groups is 2. The van der Waals surface area contributed by atoms with Crippen LogP contribution in [0.5, 0.6) is 0 Å². The van der Waals surface area contributed by atoms with Gasteiger partial charge in [0, 0.05) is 45.5 Å². The Hall–Kier alpha value is -1.96. The summed E-state index contributed by atoms with van der Waals surface area (Å²) in [6.07, 6.45) is 0. The lowest BCUT2D eigenvalue weighted by Gasteiger charge is -2.34. The van der Waals surface area contributed by atoms with Crippen LogP contribution in [0.1, 0.15) is 11.1 Å². The summed E-state index contributed by atoms with van der Waals surface area (Å²) in [5.41, 5.74) is 3.12. The highest BCUT2D eigenvalue weighted by Gasteiger charge is 2.22. The van der Waals surface area contributed by atoms with E-state index in [1.807, 2.05) is 36.9 Å². The van der Waals surface area contributed by atoms with Crippen LogP contribution in [0.3, 0.4) is 0 Å². The van der Waals surface area contributed by atoms with E-state index >= 15 is 0 Å². The molecule has 1 saturated heterocycles. The molecule has 0 bridgehead atoms. The average Bonchev–Trinajstić information content (AvgIpc) is 2.63. The first-order valence-corrected chi connectivity index (χ1v) is 9.07. The van der Waals surface area contributed by atoms with Crippen molar-refractivity contribution in [1.82, 2.24) is 15.1 Å². The maximum atomic E-state index is 12.3. The Morgan fingerprint density at radius 3 is 2.58 bits per heavy atom. The van der Waals surface area contributed by atoms with Gasteiger partial charge in [0.2, 0.25) is 11.8 Å². The van der Waals surface area contributed by atoms with E-state index in [0.29, 0.717) is 52.4 Å². The number of amides is 2. The summed E-state index contributed by atoms with van der Waals surface area (Å²) in [7, 11) is 1.64. The fraction of sp³-hybridized carbons (Fsp3) is 0.579. The van der Waals surface area contributed by atoms with Crippen molar-refractivity contribution in [3.8, 4) is 0 Å². The van der Waals surface area contributed by atoms with Gasteiger partial charge in [0.1, 0.15) is 0 Å². The van der Waals surface area contributed by atoms with Gasteiger partial charge < -0.3 is 20.3 Å². The number of methoxy groups -OCH3 is 1. The summed E-state index contributed by atoms with van der Waals surface area (Å²) in [6, 6.07) is 5.90. The summed E-state index contributed by atoms with van der Waals surface area (Å²) in [6.45, 7) is 8.72. The normalized spacial score (nSPS) is 15.1. The third-order valence-electron chi connectivity index (χ3n) is 4.73. The SMILES string of the molecule is COCCNCC(=O)N1CCN(CC(=O)Nc2cccc(C)c2C)CC1. The number of hydrogen-bond donors (Lipinski definition) is 2. The lowest BCUT2D eigenvalue weighted by atomic mass is 10.1. The molecule has 1 aliphatic rings. The third-order valence-corrected chi connectivity index (χ3v) is 4.73. The number of ether oxygens (including phenoxy) is 1. The standard InChI is InChI=1S/C19H30N4O3/c1-15-5-4-6-17(16(15)2)21-18(24)14-22-8-10-23(11-9-22)19(25)13-20-7-12-26-3/h4-6,20H,7-14H2,1-3H3,(H,21,24). The first-order chi connectivity index (χ1) is 12.5. The van der Waals surface area contributed by atoms with Gasteiger partial charge in [0.15, 0.2) is 0 Å². The van der Waals surface area contributed by atoms with Gasteiger partial charge in [0.25, 0.3) is 0 Å². The van der Waals surface area contributed by atoms with Gasteiger partial charge in [-0.15, -0.1) is 0 Å². The Kier molecular flexibility index (Phi) is 8.03. The predicted molar refractivity (Wildman–Crippen MR) is 102 cm³/mol. The van der Waals surface area contributed by atoms with E-state index < -0.39 is 0 Å². The molecule has 0 atom stereocenters. The van der Waals surface area contributed by atoms with Crippen LogP contribution in [0.25, 0.3) is 0 Å². The zero-order valence-electron chi connectivity index (χ0n) is 16.0. The molecule has 0 aliphatic carbocycles. The van der Waals surface area contributed by atoms with Gasteiger partial charge in [-0.3, -0.25) is 14.5 Å². The molecule has 2 rings (SSSR count). The van der Waals surface area contributed by atoms with Crippen LogP contribution in [-0.2, 0) is 14.3 Å². The van der Waals surface area contributed by atoms with Gasteiger partial charge in [-0.1, -0.05) is 12.1 Å². The Balaban J connectivity index is 1.72. The number of hydrogen-bond acceptors (Lipinski definition) is 5. The number of piperazine rings is 1. The van der Waals surface area contributed by atoms with E-state index in [0.717, 1.165) is 16.8 Å². The molecule has 2 N–H and O–H groups in total. The number of carbonyl (C=O) groups excluding carboxylic acids is 2. The molecule has 144 valence electrons. The summed E-state index contributed by atoms with van der Waals surface area (Å²) in [5, 5.41) is 6.06. The molecule has 1 aromatic rings. The fourth-order valence-electron chi connectivity index (χ4n) is 2.92. The highest BCUT2D eigenvalue weighted by atomic mass is 16.5. The van der Waals surface area contributed by atoms with Gasteiger partial charge >= 0.3 is 0 Å². The Bertz CT molecular complexity index is 613. The molecule has 0 unspecified atom stereocenters. The number of nitrogens with zero attached hydrogens (tertiary/aromatic N) is 2. The smallest absolute Gasteiger partial charge is 0.238 e. The highest BCUT2D eigenvalue weighted by molar-refractivity contribution is 5.93. The van der Waals surface area contributed by atoms with Crippen LogP contribution >= 0.6 is 0 Å². The van der Waals surface area contributed by atoms with Crippen molar-refractivity contribution in [3.05, 3.63) is 29.3 Å². The first kappa shape index (κ1) is 20.4. The molecule has 7 nitrogen and oxygen atoms in total. The van der Waals surface area contributed by atoms with Crippen molar-refractivity contribution < 1.29 is 14.3 Å². The zero-order chi connectivity index (χ0) is 18.9. The molecule has 1 heterocycles. The summed E-state index contributed by atoms with van der Waals surface area (Å²) < 4.78 is 4.94. The Morgan fingerprint density at radius 2 is 1.88 bits per heavy atom. The predicted octanol–water partition coefficient (Wildman–Crippen LogP) is 0.622. The monoisotopic (exact) mass is 362 g/mol. The van der Waals surface area contributed by atoms with E-state index in [1.54, 1.807) is 7.11 Å². The zero-order valence-corrected chi connectivity index (χ0v) is 16.0. The van der Waals surface area contributed by atoms with Gasteiger partial charge in [-0.2, -0.15) is 0 Å². The molecular weight excluding hydrogens is 332 g/mol. The molecular formula is C19H30N4O3. The Morgan fingerprint density at radius 1 is 1.15 bits per heavy atom. The topological polar surface area (TPSA) is 73.9 Å². The van der Waals surface area contributed by atoms with E-state index in [2.05, 4.69) is 15.5 Å². The molecule has 1 fully saturated rings.